The molecule has 0 saturated carbocycles. The Labute approximate surface area is 161 Å². The van der Waals surface area contributed by atoms with E-state index in [1.807, 2.05) is 19.3 Å². The summed E-state index contributed by atoms with van der Waals surface area (Å²) in [5.41, 5.74) is 1.21. The van der Waals surface area contributed by atoms with Crippen LogP contribution in [0.3, 0.4) is 0 Å². The van der Waals surface area contributed by atoms with E-state index in [0.717, 1.165) is 57.9 Å². The number of ether oxygens (including phenoxy) is 2. The Morgan fingerprint density at radius 1 is 1.32 bits per heavy atom. The number of carboxylic acids is 1. The number of hydrogen-bond acceptors (Lipinski definition) is 6. The third-order valence-corrected chi connectivity index (χ3v) is 4.88. The van der Waals surface area contributed by atoms with Gasteiger partial charge in [-0.2, -0.15) is 13.2 Å². The van der Waals surface area contributed by atoms with E-state index < -0.39 is 12.1 Å². The summed E-state index contributed by atoms with van der Waals surface area (Å²) in [6, 6.07) is 0. The standard InChI is InChI=1S/C16H25N3O2.C2HF3O2/c1-3-13-10-17-15(18-11-13)19-7-5-16(6-8-19)9-14(12-21-16)20-4-2;3-2(4,5)1(6)7/h10-11,14H,3-9,12H2,1-2H3;(H,6,7). The SMILES string of the molecule is CCOC1COC2(CCN(c3ncc(CC)cn3)CC2)C1.O=C(O)C(F)(F)F. The van der Waals surface area contributed by atoms with Crippen molar-refractivity contribution in [3.63, 3.8) is 0 Å². The lowest BCUT2D eigenvalue weighted by molar-refractivity contribution is -0.192. The molecule has 1 aromatic heterocycles. The number of carboxylic acid groups (broad SMARTS) is 1. The first kappa shape index (κ1) is 22.4. The van der Waals surface area contributed by atoms with E-state index in [-0.39, 0.29) is 11.7 Å². The van der Waals surface area contributed by atoms with E-state index in [1.165, 1.54) is 5.56 Å². The molecule has 0 aromatic carbocycles. The van der Waals surface area contributed by atoms with E-state index >= 15 is 0 Å². The zero-order chi connectivity index (χ0) is 20.8. The van der Waals surface area contributed by atoms with Gasteiger partial charge >= 0.3 is 12.1 Å². The van der Waals surface area contributed by atoms with Gasteiger partial charge in [0.05, 0.1) is 18.3 Å². The molecule has 28 heavy (non-hydrogen) atoms. The normalized spacial score (nSPS) is 21.3. The van der Waals surface area contributed by atoms with Gasteiger partial charge in [-0.15, -0.1) is 0 Å². The molecule has 1 atom stereocenters. The summed E-state index contributed by atoms with van der Waals surface area (Å²) < 4.78 is 43.5. The molecule has 2 saturated heterocycles. The lowest BCUT2D eigenvalue weighted by Gasteiger charge is -2.38. The predicted octanol–water partition coefficient (Wildman–Crippen LogP) is 2.84. The molecule has 3 heterocycles. The first-order chi connectivity index (χ1) is 13.2. The Hall–Kier alpha value is -1.94. The molecule has 1 aromatic rings. The fourth-order valence-electron chi connectivity index (χ4n) is 3.30. The molecule has 7 nitrogen and oxygen atoms in total. The van der Waals surface area contributed by atoms with Crippen LogP contribution in [0.1, 0.15) is 38.7 Å². The zero-order valence-corrected chi connectivity index (χ0v) is 16.0. The number of nitrogens with zero attached hydrogens (tertiary/aromatic N) is 3. The van der Waals surface area contributed by atoms with Crippen LogP contribution in [0, 0.1) is 0 Å². The molecule has 158 valence electrons. The molecular formula is C18H26F3N3O4. The van der Waals surface area contributed by atoms with Crippen LogP contribution in [-0.4, -0.2) is 65.2 Å². The van der Waals surface area contributed by atoms with Crippen molar-refractivity contribution >= 4 is 11.9 Å². The van der Waals surface area contributed by atoms with Gasteiger partial charge < -0.3 is 19.5 Å². The van der Waals surface area contributed by atoms with Gasteiger partial charge in [0.1, 0.15) is 0 Å². The van der Waals surface area contributed by atoms with Crippen LogP contribution >= 0.6 is 0 Å². The minimum atomic E-state index is -5.08. The topological polar surface area (TPSA) is 84.8 Å². The van der Waals surface area contributed by atoms with Crippen molar-refractivity contribution in [1.29, 1.82) is 0 Å². The minimum Gasteiger partial charge on any atom is -0.475 e. The molecule has 2 fully saturated rings. The maximum atomic E-state index is 10.6. The van der Waals surface area contributed by atoms with Crippen molar-refractivity contribution in [1.82, 2.24) is 9.97 Å². The Morgan fingerprint density at radius 2 is 1.89 bits per heavy atom. The Morgan fingerprint density at radius 3 is 2.36 bits per heavy atom. The van der Waals surface area contributed by atoms with E-state index in [9.17, 15) is 13.2 Å². The van der Waals surface area contributed by atoms with Gasteiger partial charge in [0, 0.05) is 38.5 Å². The van der Waals surface area contributed by atoms with Crippen LogP contribution in [0.4, 0.5) is 19.1 Å². The van der Waals surface area contributed by atoms with Gasteiger partial charge in [-0.1, -0.05) is 6.92 Å². The Balaban J connectivity index is 0.000000345. The summed E-state index contributed by atoms with van der Waals surface area (Å²) in [5, 5.41) is 7.12. The minimum absolute atomic E-state index is 0.0275. The average Bonchev–Trinajstić information content (AvgIpc) is 3.05. The number of hydrogen-bond donors (Lipinski definition) is 1. The second-order valence-corrected chi connectivity index (χ2v) is 6.81. The summed E-state index contributed by atoms with van der Waals surface area (Å²) in [6.45, 7) is 7.61. The van der Waals surface area contributed by atoms with Gasteiger partial charge in [0.25, 0.3) is 0 Å². The van der Waals surface area contributed by atoms with Crippen LogP contribution in [0.2, 0.25) is 0 Å². The smallest absolute Gasteiger partial charge is 0.475 e. The van der Waals surface area contributed by atoms with Crippen LogP contribution in [-0.2, 0) is 20.7 Å². The van der Waals surface area contributed by atoms with Gasteiger partial charge in [-0.05, 0) is 31.7 Å². The van der Waals surface area contributed by atoms with E-state index in [1.54, 1.807) is 0 Å². The van der Waals surface area contributed by atoms with Crippen molar-refractivity contribution < 1.29 is 32.5 Å². The highest BCUT2D eigenvalue weighted by Gasteiger charge is 2.43. The van der Waals surface area contributed by atoms with Gasteiger partial charge in [0.15, 0.2) is 0 Å². The molecule has 0 bridgehead atoms. The third kappa shape index (κ3) is 6.03. The first-order valence-electron chi connectivity index (χ1n) is 9.30. The van der Waals surface area contributed by atoms with Crippen molar-refractivity contribution in [2.45, 2.75) is 57.4 Å². The zero-order valence-electron chi connectivity index (χ0n) is 16.0. The second kappa shape index (κ2) is 9.51. The summed E-state index contributed by atoms with van der Waals surface area (Å²) in [7, 11) is 0. The van der Waals surface area contributed by atoms with Gasteiger partial charge in [0.2, 0.25) is 5.95 Å². The number of anilines is 1. The maximum Gasteiger partial charge on any atom is 0.490 e. The summed E-state index contributed by atoms with van der Waals surface area (Å²) >= 11 is 0. The van der Waals surface area contributed by atoms with Crippen molar-refractivity contribution in [3.05, 3.63) is 18.0 Å². The maximum absolute atomic E-state index is 10.6. The van der Waals surface area contributed by atoms with Crippen molar-refractivity contribution in [2.75, 3.05) is 31.2 Å². The van der Waals surface area contributed by atoms with Crippen LogP contribution < -0.4 is 4.90 Å². The monoisotopic (exact) mass is 405 g/mol. The summed E-state index contributed by atoms with van der Waals surface area (Å²) in [6.07, 6.45) is 3.15. The number of aromatic nitrogens is 2. The molecule has 1 N–H and O–H groups in total. The number of piperidine rings is 1. The largest absolute Gasteiger partial charge is 0.490 e. The molecule has 0 aliphatic carbocycles. The molecule has 2 aliphatic rings. The average molecular weight is 405 g/mol. The molecule has 3 rings (SSSR count). The van der Waals surface area contributed by atoms with Crippen LogP contribution in [0.25, 0.3) is 0 Å². The van der Waals surface area contributed by atoms with E-state index in [2.05, 4.69) is 21.8 Å². The number of rotatable bonds is 4. The predicted molar refractivity (Wildman–Crippen MR) is 95.3 cm³/mol. The van der Waals surface area contributed by atoms with E-state index in [4.69, 9.17) is 19.4 Å². The molecular weight excluding hydrogens is 379 g/mol. The van der Waals surface area contributed by atoms with Crippen LogP contribution in [0.5, 0.6) is 0 Å². The van der Waals surface area contributed by atoms with Gasteiger partial charge in [-0.3, -0.25) is 0 Å². The highest BCUT2D eigenvalue weighted by atomic mass is 19.4. The second-order valence-electron chi connectivity index (χ2n) is 6.81. The summed E-state index contributed by atoms with van der Waals surface area (Å²) in [5.74, 6) is -1.91. The number of aryl methyl sites for hydroxylation is 1. The molecule has 10 heteroatoms. The summed E-state index contributed by atoms with van der Waals surface area (Å²) in [4.78, 5) is 20.1. The number of carbonyl (C=O) groups is 1. The quantitative estimate of drug-likeness (QED) is 0.825. The Kier molecular flexibility index (Phi) is 7.59. The highest BCUT2D eigenvalue weighted by Crippen LogP contribution is 2.37. The van der Waals surface area contributed by atoms with Crippen LogP contribution in [0.15, 0.2) is 12.4 Å². The number of halogens is 3. The third-order valence-electron chi connectivity index (χ3n) is 4.88. The first-order valence-corrected chi connectivity index (χ1v) is 9.30. The molecule has 2 aliphatic heterocycles. The molecule has 1 unspecified atom stereocenters. The molecule has 0 radical (unpaired) electrons. The molecule has 1 spiro atoms. The van der Waals surface area contributed by atoms with Crippen molar-refractivity contribution in [3.8, 4) is 0 Å². The Bertz CT molecular complexity index is 632. The molecule has 0 amide bonds. The number of aliphatic carboxylic acids is 1. The highest BCUT2D eigenvalue weighted by molar-refractivity contribution is 5.73. The lowest BCUT2D eigenvalue weighted by atomic mass is 9.88. The van der Waals surface area contributed by atoms with Gasteiger partial charge in [-0.25, -0.2) is 14.8 Å². The van der Waals surface area contributed by atoms with Crippen molar-refractivity contribution in [2.24, 2.45) is 0 Å². The number of alkyl halides is 3. The lowest BCUT2D eigenvalue weighted by Crippen LogP contribution is -2.45. The fraction of sp³-hybridized carbons (Fsp3) is 0.722. The van der Waals surface area contributed by atoms with E-state index in [0.29, 0.717) is 0 Å². The fourth-order valence-corrected chi connectivity index (χ4v) is 3.30.